The molecule has 4 rings (SSSR count). The van der Waals surface area contributed by atoms with Crippen LogP contribution in [0.4, 0.5) is 0 Å². The number of benzene rings is 1. The Balaban J connectivity index is 1.30. The fraction of sp³-hybridized carbons (Fsp3) is 0.667. The Kier molecular flexibility index (Phi) is 3.95. The molecular weight excluding hydrogens is 280 g/mol. The van der Waals surface area contributed by atoms with E-state index in [4.69, 9.17) is 11.6 Å². The number of hydrogen-bond donors (Lipinski definition) is 1. The van der Waals surface area contributed by atoms with Crippen LogP contribution in [0.5, 0.6) is 0 Å². The lowest BCUT2D eigenvalue weighted by molar-refractivity contribution is 0.164. The van der Waals surface area contributed by atoms with E-state index in [9.17, 15) is 0 Å². The van der Waals surface area contributed by atoms with Crippen molar-refractivity contribution in [3.63, 3.8) is 0 Å². The topological polar surface area (TPSA) is 15.3 Å². The van der Waals surface area contributed by atoms with Gasteiger partial charge in [0.2, 0.25) is 0 Å². The van der Waals surface area contributed by atoms with Gasteiger partial charge in [-0.1, -0.05) is 30.2 Å². The summed E-state index contributed by atoms with van der Waals surface area (Å²) in [5.41, 5.74) is 1.42. The van der Waals surface area contributed by atoms with E-state index in [1.807, 2.05) is 6.07 Å². The van der Waals surface area contributed by atoms with Gasteiger partial charge in [0.15, 0.2) is 0 Å². The summed E-state index contributed by atoms with van der Waals surface area (Å²) in [5, 5.41) is 4.83. The Morgan fingerprint density at radius 3 is 2.86 bits per heavy atom. The number of piperidine rings is 1. The zero-order valence-corrected chi connectivity index (χ0v) is 13.4. The average Bonchev–Trinajstić information content (AvgIpc) is 2.85. The van der Waals surface area contributed by atoms with E-state index in [1.54, 1.807) is 0 Å². The van der Waals surface area contributed by atoms with Gasteiger partial charge in [0, 0.05) is 29.7 Å². The molecule has 3 heteroatoms. The smallest absolute Gasteiger partial charge is 0.0408 e. The third-order valence-corrected chi connectivity index (χ3v) is 6.00. The molecule has 1 aliphatic carbocycles. The monoisotopic (exact) mass is 304 g/mol. The van der Waals surface area contributed by atoms with Gasteiger partial charge in [-0.2, -0.15) is 0 Å². The first kappa shape index (κ1) is 14.0. The van der Waals surface area contributed by atoms with E-state index >= 15 is 0 Å². The molecule has 0 radical (unpaired) electrons. The summed E-state index contributed by atoms with van der Waals surface area (Å²) < 4.78 is 0. The molecule has 2 aliphatic heterocycles. The molecule has 2 heterocycles. The van der Waals surface area contributed by atoms with Gasteiger partial charge in [0.05, 0.1) is 0 Å². The van der Waals surface area contributed by atoms with E-state index < -0.39 is 0 Å². The predicted octanol–water partition coefficient (Wildman–Crippen LogP) is 3.80. The highest BCUT2D eigenvalue weighted by atomic mass is 35.5. The molecule has 1 N–H and O–H groups in total. The third kappa shape index (κ3) is 2.86. The fourth-order valence-electron chi connectivity index (χ4n) is 4.53. The van der Waals surface area contributed by atoms with Crippen LogP contribution in [0.2, 0.25) is 5.02 Å². The van der Waals surface area contributed by atoms with Crippen molar-refractivity contribution in [3.8, 4) is 0 Å². The Morgan fingerprint density at radius 2 is 2.00 bits per heavy atom. The number of nitrogens with zero attached hydrogens (tertiary/aromatic N) is 1. The van der Waals surface area contributed by atoms with Crippen LogP contribution in [0.1, 0.15) is 50.0 Å². The summed E-state index contributed by atoms with van der Waals surface area (Å²) in [6.45, 7) is 2.64. The van der Waals surface area contributed by atoms with E-state index in [1.165, 1.54) is 57.2 Å². The molecule has 2 nitrogen and oxygen atoms in total. The maximum absolute atomic E-state index is 6.10. The van der Waals surface area contributed by atoms with Crippen LogP contribution in [0.15, 0.2) is 24.3 Å². The zero-order chi connectivity index (χ0) is 14.2. The standard InChI is InChI=1S/C18H25ClN2/c19-15-5-3-4-13(10-15)14-11-16(12-14)20-17-7-9-21-8-2-1-6-18(17)21/h3-5,10,14,16-18,20H,1-2,6-9,11-12H2. The van der Waals surface area contributed by atoms with Crippen LogP contribution in [0.3, 0.4) is 0 Å². The first-order chi connectivity index (χ1) is 10.3. The summed E-state index contributed by atoms with van der Waals surface area (Å²) >= 11 is 6.10. The molecule has 2 unspecified atom stereocenters. The summed E-state index contributed by atoms with van der Waals surface area (Å²) in [5.74, 6) is 0.713. The summed E-state index contributed by atoms with van der Waals surface area (Å²) in [6, 6.07) is 10.7. The molecule has 2 atom stereocenters. The van der Waals surface area contributed by atoms with Gasteiger partial charge in [-0.25, -0.2) is 0 Å². The van der Waals surface area contributed by atoms with Crippen molar-refractivity contribution in [1.82, 2.24) is 10.2 Å². The normalized spacial score (nSPS) is 36.2. The second-order valence-corrected chi connectivity index (χ2v) is 7.52. The molecule has 2 saturated heterocycles. The Labute approximate surface area is 132 Å². The zero-order valence-electron chi connectivity index (χ0n) is 12.6. The van der Waals surface area contributed by atoms with Gasteiger partial charge >= 0.3 is 0 Å². The quantitative estimate of drug-likeness (QED) is 0.913. The van der Waals surface area contributed by atoms with Crippen LogP contribution in [0, 0.1) is 0 Å². The molecule has 3 aliphatic rings. The minimum Gasteiger partial charge on any atom is -0.310 e. The van der Waals surface area contributed by atoms with Crippen molar-refractivity contribution in [3.05, 3.63) is 34.9 Å². The van der Waals surface area contributed by atoms with Crippen LogP contribution < -0.4 is 5.32 Å². The number of rotatable bonds is 3. The van der Waals surface area contributed by atoms with Crippen LogP contribution in [0.25, 0.3) is 0 Å². The summed E-state index contributed by atoms with van der Waals surface area (Å²) in [7, 11) is 0. The lowest BCUT2D eigenvalue weighted by Gasteiger charge is -2.40. The van der Waals surface area contributed by atoms with Gasteiger partial charge in [0.1, 0.15) is 0 Å². The molecule has 1 aromatic rings. The molecule has 114 valence electrons. The molecule has 1 saturated carbocycles. The SMILES string of the molecule is Clc1cccc(C2CC(NC3CCN4CCCCC34)C2)c1. The van der Waals surface area contributed by atoms with E-state index in [0.29, 0.717) is 5.92 Å². The molecule has 0 bridgehead atoms. The molecule has 1 aromatic carbocycles. The van der Waals surface area contributed by atoms with Gasteiger partial charge in [-0.3, -0.25) is 4.90 Å². The highest BCUT2D eigenvalue weighted by Crippen LogP contribution is 2.39. The molecule has 0 spiro atoms. The molecule has 0 aromatic heterocycles. The van der Waals surface area contributed by atoms with Gasteiger partial charge < -0.3 is 5.32 Å². The molecule has 3 fully saturated rings. The maximum atomic E-state index is 6.10. The highest BCUT2D eigenvalue weighted by molar-refractivity contribution is 6.30. The van der Waals surface area contributed by atoms with Crippen molar-refractivity contribution < 1.29 is 0 Å². The lowest BCUT2D eigenvalue weighted by Crippen LogP contribution is -2.51. The predicted molar refractivity (Wildman–Crippen MR) is 88.0 cm³/mol. The Morgan fingerprint density at radius 1 is 1.10 bits per heavy atom. The lowest BCUT2D eigenvalue weighted by atomic mass is 9.75. The van der Waals surface area contributed by atoms with E-state index in [-0.39, 0.29) is 0 Å². The second-order valence-electron chi connectivity index (χ2n) is 7.08. The van der Waals surface area contributed by atoms with Crippen LogP contribution >= 0.6 is 11.6 Å². The summed E-state index contributed by atoms with van der Waals surface area (Å²) in [4.78, 5) is 2.72. The third-order valence-electron chi connectivity index (χ3n) is 5.76. The van der Waals surface area contributed by atoms with Crippen LogP contribution in [-0.2, 0) is 0 Å². The van der Waals surface area contributed by atoms with Crippen LogP contribution in [-0.4, -0.2) is 36.1 Å². The van der Waals surface area contributed by atoms with Crippen molar-refractivity contribution >= 4 is 11.6 Å². The van der Waals surface area contributed by atoms with E-state index in [0.717, 1.165) is 23.1 Å². The van der Waals surface area contributed by atoms with Crippen molar-refractivity contribution in [2.24, 2.45) is 0 Å². The second kappa shape index (κ2) is 5.91. The number of hydrogen-bond acceptors (Lipinski definition) is 2. The summed E-state index contributed by atoms with van der Waals surface area (Å²) in [6.07, 6.45) is 8.15. The van der Waals surface area contributed by atoms with Crippen molar-refractivity contribution in [2.45, 2.75) is 62.6 Å². The fourth-order valence-corrected chi connectivity index (χ4v) is 4.73. The van der Waals surface area contributed by atoms with E-state index in [2.05, 4.69) is 28.4 Å². The van der Waals surface area contributed by atoms with Crippen molar-refractivity contribution in [2.75, 3.05) is 13.1 Å². The molecular formula is C18H25ClN2. The minimum absolute atomic E-state index is 0.713. The molecule has 21 heavy (non-hydrogen) atoms. The van der Waals surface area contributed by atoms with Crippen molar-refractivity contribution in [1.29, 1.82) is 0 Å². The Bertz CT molecular complexity index is 498. The Hall–Kier alpha value is -0.570. The van der Waals surface area contributed by atoms with Gasteiger partial charge in [-0.05, 0) is 62.3 Å². The molecule has 0 amide bonds. The first-order valence-corrected chi connectivity index (χ1v) is 8.93. The largest absolute Gasteiger partial charge is 0.310 e. The van der Waals surface area contributed by atoms with Gasteiger partial charge in [0.25, 0.3) is 0 Å². The minimum atomic E-state index is 0.713. The average molecular weight is 305 g/mol. The number of fused-ring (bicyclic) bond motifs is 1. The number of halogens is 1. The van der Waals surface area contributed by atoms with Gasteiger partial charge in [-0.15, -0.1) is 0 Å². The maximum Gasteiger partial charge on any atom is 0.0408 e. The first-order valence-electron chi connectivity index (χ1n) is 8.55. The number of nitrogens with one attached hydrogen (secondary N) is 1. The highest BCUT2D eigenvalue weighted by Gasteiger charge is 2.39.